The minimum atomic E-state index is -5.01. The van der Waals surface area contributed by atoms with Crippen LogP contribution in [0.15, 0.2) is 18.2 Å². The van der Waals surface area contributed by atoms with Crippen molar-refractivity contribution >= 4 is 5.97 Å². The van der Waals surface area contributed by atoms with Crippen LogP contribution in [0.3, 0.4) is 0 Å². The number of aliphatic carboxylic acids is 1. The number of ether oxygens (including phenoxy) is 2. The number of hydrogen-bond donors (Lipinski definition) is 1. The molecule has 0 aromatic heterocycles. The van der Waals surface area contributed by atoms with Crippen LogP contribution in [0.1, 0.15) is 42.9 Å². The fourth-order valence-corrected chi connectivity index (χ4v) is 2.77. The average molecular weight is 400 g/mol. The summed E-state index contributed by atoms with van der Waals surface area (Å²) in [4.78, 5) is 11.6. The third kappa shape index (κ3) is 5.58. The maximum atomic E-state index is 13.0. The molecule has 2 atom stereocenters. The predicted octanol–water partition coefficient (Wildman–Crippen LogP) is 4.65. The molecule has 1 fully saturated rings. The minimum absolute atomic E-state index is 0.00723. The second-order valence-corrected chi connectivity index (χ2v) is 6.54. The van der Waals surface area contributed by atoms with Crippen molar-refractivity contribution in [2.24, 2.45) is 0 Å². The highest BCUT2D eigenvalue weighted by molar-refractivity contribution is 5.77. The summed E-state index contributed by atoms with van der Waals surface area (Å²) in [5, 5.41) is 9.46. The van der Waals surface area contributed by atoms with Gasteiger partial charge in [0, 0.05) is 13.0 Å². The Morgan fingerprint density at radius 2 is 1.67 bits per heavy atom. The molecule has 27 heavy (non-hydrogen) atoms. The summed E-state index contributed by atoms with van der Waals surface area (Å²) in [7, 11) is 0. The van der Waals surface area contributed by atoms with Crippen molar-refractivity contribution in [3.8, 4) is 0 Å². The van der Waals surface area contributed by atoms with E-state index in [0.717, 1.165) is 13.3 Å². The fraction of sp³-hybridized carbons (Fsp3) is 0.588. The van der Waals surface area contributed by atoms with E-state index in [0.29, 0.717) is 31.6 Å². The van der Waals surface area contributed by atoms with Gasteiger partial charge in [-0.1, -0.05) is 0 Å². The SMILES string of the molecule is CC(Cc1cc(C(F)(F)F)cc(C(F)(F)F)c1)(OC1CCCCO1)C(=O)O. The van der Waals surface area contributed by atoms with Gasteiger partial charge in [0.05, 0.1) is 11.1 Å². The number of alkyl halides is 6. The van der Waals surface area contributed by atoms with Gasteiger partial charge in [-0.05, 0) is 49.9 Å². The van der Waals surface area contributed by atoms with E-state index in [1.54, 1.807) is 0 Å². The minimum Gasteiger partial charge on any atom is -0.479 e. The molecule has 0 bridgehead atoms. The van der Waals surface area contributed by atoms with Crippen molar-refractivity contribution in [3.63, 3.8) is 0 Å². The van der Waals surface area contributed by atoms with Crippen molar-refractivity contribution in [3.05, 3.63) is 34.9 Å². The van der Waals surface area contributed by atoms with E-state index < -0.39 is 53.3 Å². The van der Waals surface area contributed by atoms with Crippen molar-refractivity contribution in [2.45, 2.75) is 56.9 Å². The van der Waals surface area contributed by atoms with Crippen LogP contribution >= 0.6 is 0 Å². The predicted molar refractivity (Wildman–Crippen MR) is 80.9 cm³/mol. The zero-order chi connectivity index (χ0) is 20.5. The highest BCUT2D eigenvalue weighted by Crippen LogP contribution is 2.37. The molecule has 0 spiro atoms. The van der Waals surface area contributed by atoms with E-state index >= 15 is 0 Å². The van der Waals surface area contributed by atoms with Gasteiger partial charge >= 0.3 is 18.3 Å². The van der Waals surface area contributed by atoms with E-state index in [1.165, 1.54) is 0 Å². The highest BCUT2D eigenvalue weighted by Gasteiger charge is 2.41. The molecule has 1 aliphatic rings. The number of carbonyl (C=O) groups is 1. The lowest BCUT2D eigenvalue weighted by Crippen LogP contribution is -2.45. The largest absolute Gasteiger partial charge is 0.479 e. The van der Waals surface area contributed by atoms with Gasteiger partial charge in [-0.3, -0.25) is 0 Å². The average Bonchev–Trinajstić information content (AvgIpc) is 2.53. The normalized spacial score (nSPS) is 20.9. The van der Waals surface area contributed by atoms with Crippen LogP contribution in [0.2, 0.25) is 0 Å². The molecule has 0 saturated carbocycles. The first-order chi connectivity index (χ1) is 12.3. The first-order valence-electron chi connectivity index (χ1n) is 8.12. The first kappa shape index (κ1) is 21.5. The molecule has 152 valence electrons. The molecule has 1 aliphatic heterocycles. The maximum absolute atomic E-state index is 13.0. The summed E-state index contributed by atoms with van der Waals surface area (Å²) in [6, 6.07) is 0.996. The van der Waals surface area contributed by atoms with Crippen molar-refractivity contribution in [1.29, 1.82) is 0 Å². The van der Waals surface area contributed by atoms with Crippen LogP contribution in [-0.2, 0) is 33.0 Å². The smallest absolute Gasteiger partial charge is 0.416 e. The number of benzene rings is 1. The molecule has 1 heterocycles. The lowest BCUT2D eigenvalue weighted by Gasteiger charge is -2.32. The summed E-state index contributed by atoms with van der Waals surface area (Å²) in [6.45, 7) is 1.43. The summed E-state index contributed by atoms with van der Waals surface area (Å²) in [6.07, 6.45) is -9.73. The number of carboxylic acid groups (broad SMARTS) is 1. The van der Waals surface area contributed by atoms with Crippen LogP contribution < -0.4 is 0 Å². The lowest BCUT2D eigenvalue weighted by atomic mass is 9.93. The van der Waals surface area contributed by atoms with Gasteiger partial charge in [0.2, 0.25) is 0 Å². The van der Waals surface area contributed by atoms with Crippen molar-refractivity contribution < 1.29 is 45.7 Å². The zero-order valence-electron chi connectivity index (χ0n) is 14.3. The number of carboxylic acids is 1. The zero-order valence-corrected chi connectivity index (χ0v) is 14.3. The summed E-state index contributed by atoms with van der Waals surface area (Å²) in [5.74, 6) is -1.51. The quantitative estimate of drug-likeness (QED) is 0.731. The molecule has 0 amide bonds. The molecular weight excluding hydrogens is 382 g/mol. The van der Waals surface area contributed by atoms with Gasteiger partial charge in [0.1, 0.15) is 0 Å². The Balaban J connectivity index is 2.37. The van der Waals surface area contributed by atoms with Gasteiger partial charge in [-0.15, -0.1) is 0 Å². The van der Waals surface area contributed by atoms with Gasteiger partial charge in [-0.25, -0.2) is 4.79 Å². The molecule has 4 nitrogen and oxygen atoms in total. The van der Waals surface area contributed by atoms with Crippen LogP contribution in [0.4, 0.5) is 26.3 Å². The highest BCUT2D eigenvalue weighted by atomic mass is 19.4. The Labute approximate surface area is 151 Å². The third-order valence-corrected chi connectivity index (χ3v) is 4.17. The molecule has 1 N–H and O–H groups in total. The maximum Gasteiger partial charge on any atom is 0.416 e. The first-order valence-corrected chi connectivity index (χ1v) is 8.12. The van der Waals surface area contributed by atoms with E-state index in [4.69, 9.17) is 9.47 Å². The van der Waals surface area contributed by atoms with Gasteiger partial charge in [0.15, 0.2) is 11.9 Å². The standard InChI is InChI=1S/C17H18F6O4/c1-15(14(24)25,27-13-4-2-3-5-26-13)9-10-6-11(16(18,19)20)8-12(7-10)17(21,22)23/h6-8,13H,2-5,9H2,1H3,(H,24,25). The summed E-state index contributed by atoms with van der Waals surface area (Å²) >= 11 is 0. The molecule has 1 aromatic rings. The van der Waals surface area contributed by atoms with E-state index in [2.05, 4.69) is 0 Å². The van der Waals surface area contributed by atoms with Gasteiger partial charge in [0.25, 0.3) is 0 Å². The van der Waals surface area contributed by atoms with Crippen molar-refractivity contribution in [2.75, 3.05) is 6.61 Å². The Morgan fingerprint density at radius 3 is 2.07 bits per heavy atom. The van der Waals surface area contributed by atoms with Gasteiger partial charge in [-0.2, -0.15) is 26.3 Å². The van der Waals surface area contributed by atoms with Crippen LogP contribution in [0, 0.1) is 0 Å². The summed E-state index contributed by atoms with van der Waals surface area (Å²) < 4.78 is 88.5. The topological polar surface area (TPSA) is 55.8 Å². The molecule has 1 aromatic carbocycles. The van der Waals surface area contributed by atoms with Gasteiger partial charge < -0.3 is 14.6 Å². The molecule has 0 radical (unpaired) electrons. The molecule has 10 heteroatoms. The second kappa shape index (κ2) is 7.67. The lowest BCUT2D eigenvalue weighted by molar-refractivity contribution is -0.227. The molecule has 0 aliphatic carbocycles. The molecular formula is C17H18F6O4. The number of hydrogen-bond acceptors (Lipinski definition) is 3. The van der Waals surface area contributed by atoms with E-state index in [-0.39, 0.29) is 6.07 Å². The van der Waals surface area contributed by atoms with E-state index in [9.17, 15) is 36.2 Å². The Hall–Kier alpha value is -1.81. The molecule has 1 saturated heterocycles. The van der Waals surface area contributed by atoms with E-state index in [1.807, 2.05) is 0 Å². The Bertz CT molecular complexity index is 647. The summed E-state index contributed by atoms with van der Waals surface area (Å²) in [5.41, 5.74) is -5.50. The van der Waals surface area contributed by atoms with Crippen LogP contribution in [0.5, 0.6) is 0 Å². The Kier molecular flexibility index (Phi) is 6.10. The number of rotatable bonds is 5. The second-order valence-electron chi connectivity index (χ2n) is 6.54. The monoisotopic (exact) mass is 400 g/mol. The Morgan fingerprint density at radius 1 is 1.11 bits per heavy atom. The molecule has 2 unspecified atom stereocenters. The fourth-order valence-electron chi connectivity index (χ4n) is 2.77. The van der Waals surface area contributed by atoms with Crippen LogP contribution in [0.25, 0.3) is 0 Å². The van der Waals surface area contributed by atoms with Crippen LogP contribution in [-0.4, -0.2) is 29.6 Å². The van der Waals surface area contributed by atoms with Crippen molar-refractivity contribution in [1.82, 2.24) is 0 Å². The number of halogens is 6. The molecule has 2 rings (SSSR count). The third-order valence-electron chi connectivity index (χ3n) is 4.17.